The zero-order chi connectivity index (χ0) is 24.9. The van der Waals surface area contributed by atoms with Gasteiger partial charge in [-0.2, -0.15) is 8.61 Å². The van der Waals surface area contributed by atoms with Crippen molar-refractivity contribution in [3.63, 3.8) is 0 Å². The van der Waals surface area contributed by atoms with Gasteiger partial charge in [-0.05, 0) is 43.5 Å². The predicted octanol–water partition coefficient (Wildman–Crippen LogP) is 2.58. The van der Waals surface area contributed by atoms with E-state index in [-0.39, 0.29) is 22.9 Å². The zero-order valence-electron chi connectivity index (χ0n) is 19.7. The van der Waals surface area contributed by atoms with Crippen LogP contribution < -0.4 is 10.1 Å². The van der Waals surface area contributed by atoms with Crippen molar-refractivity contribution in [3.8, 4) is 5.75 Å². The number of ether oxygens (including phenoxy) is 1. The molecule has 1 N–H and O–H groups in total. The first-order valence-electron chi connectivity index (χ1n) is 11.0. The Labute approximate surface area is 201 Å². The predicted molar refractivity (Wildman–Crippen MR) is 131 cm³/mol. The smallest absolute Gasteiger partial charge is 0.243 e. The molecule has 186 valence electrons. The van der Waals surface area contributed by atoms with Crippen LogP contribution >= 0.6 is 0 Å². The van der Waals surface area contributed by atoms with Crippen LogP contribution in [0.4, 0.5) is 5.69 Å². The summed E-state index contributed by atoms with van der Waals surface area (Å²) in [5.41, 5.74) is 1.95. The Kier molecular flexibility index (Phi) is 8.34. The Morgan fingerprint density at radius 1 is 1.03 bits per heavy atom. The lowest BCUT2D eigenvalue weighted by Gasteiger charge is -2.26. The van der Waals surface area contributed by atoms with Gasteiger partial charge in [-0.15, -0.1) is 0 Å². The van der Waals surface area contributed by atoms with Crippen molar-refractivity contribution >= 4 is 31.6 Å². The molecule has 0 bridgehead atoms. The van der Waals surface area contributed by atoms with Crippen LogP contribution in [0.3, 0.4) is 0 Å². The molecule has 1 aliphatic heterocycles. The molecule has 34 heavy (non-hydrogen) atoms. The highest BCUT2D eigenvalue weighted by Gasteiger charge is 2.27. The van der Waals surface area contributed by atoms with E-state index in [4.69, 9.17) is 4.74 Å². The topological polar surface area (TPSA) is 113 Å². The molecule has 1 fully saturated rings. The fourth-order valence-corrected chi connectivity index (χ4v) is 6.02. The van der Waals surface area contributed by atoms with E-state index in [2.05, 4.69) is 5.32 Å². The highest BCUT2D eigenvalue weighted by atomic mass is 32.2. The Hall–Kier alpha value is -2.47. The van der Waals surface area contributed by atoms with Crippen molar-refractivity contribution in [1.82, 2.24) is 8.61 Å². The molecule has 11 heteroatoms. The molecule has 0 aromatic heterocycles. The number of carbonyl (C=O) groups is 1. The number of hydrogen-bond acceptors (Lipinski definition) is 6. The number of carbonyl (C=O) groups excluding carboxylic acids is 1. The Morgan fingerprint density at radius 3 is 2.26 bits per heavy atom. The first-order valence-corrected chi connectivity index (χ1v) is 14.3. The summed E-state index contributed by atoms with van der Waals surface area (Å²) < 4.78 is 58.5. The SMILES string of the molecule is COc1ccc(S(=O)(=O)N2CCCCC2)cc1NC(=O)CN(Cc1ccc(C)cc1)S(C)(=O)=O. The second-order valence-corrected chi connectivity index (χ2v) is 12.3. The molecular weight excluding hydrogens is 478 g/mol. The molecule has 0 unspecified atom stereocenters. The molecule has 9 nitrogen and oxygen atoms in total. The van der Waals surface area contributed by atoms with E-state index in [1.165, 1.54) is 29.6 Å². The highest BCUT2D eigenvalue weighted by Crippen LogP contribution is 2.30. The van der Waals surface area contributed by atoms with E-state index in [1.54, 1.807) is 0 Å². The highest BCUT2D eigenvalue weighted by molar-refractivity contribution is 7.89. The molecule has 0 radical (unpaired) electrons. The summed E-state index contributed by atoms with van der Waals surface area (Å²) in [7, 11) is -5.99. The summed E-state index contributed by atoms with van der Waals surface area (Å²) >= 11 is 0. The van der Waals surface area contributed by atoms with Gasteiger partial charge in [0.1, 0.15) is 5.75 Å². The maximum atomic E-state index is 13.0. The summed E-state index contributed by atoms with van der Waals surface area (Å²) in [5.74, 6) is -0.334. The molecule has 2 aromatic carbocycles. The van der Waals surface area contributed by atoms with Crippen molar-refractivity contribution in [2.24, 2.45) is 0 Å². The molecular formula is C23H31N3O6S2. The molecule has 1 amide bonds. The third-order valence-corrected chi connectivity index (χ3v) is 8.76. The average molecular weight is 510 g/mol. The van der Waals surface area contributed by atoms with Crippen LogP contribution in [0.1, 0.15) is 30.4 Å². The minimum Gasteiger partial charge on any atom is -0.495 e. The van der Waals surface area contributed by atoms with Gasteiger partial charge < -0.3 is 10.1 Å². The number of sulfonamides is 2. The quantitative estimate of drug-likeness (QED) is 0.556. The molecule has 0 saturated carbocycles. The van der Waals surface area contributed by atoms with Gasteiger partial charge >= 0.3 is 0 Å². The number of nitrogens with one attached hydrogen (secondary N) is 1. The minimum atomic E-state index is -3.72. The molecule has 0 aliphatic carbocycles. The van der Waals surface area contributed by atoms with Gasteiger partial charge in [0, 0.05) is 19.6 Å². The summed E-state index contributed by atoms with van der Waals surface area (Å²) in [5, 5.41) is 2.62. The molecule has 1 heterocycles. The van der Waals surface area contributed by atoms with Gasteiger partial charge in [-0.25, -0.2) is 16.8 Å². The molecule has 0 spiro atoms. The summed E-state index contributed by atoms with van der Waals surface area (Å²) in [4.78, 5) is 12.9. The van der Waals surface area contributed by atoms with Crippen LogP contribution in [-0.2, 0) is 31.4 Å². The maximum Gasteiger partial charge on any atom is 0.243 e. The van der Waals surface area contributed by atoms with Crippen LogP contribution in [-0.4, -0.2) is 64.4 Å². The van der Waals surface area contributed by atoms with Gasteiger partial charge in [0.25, 0.3) is 0 Å². The number of aryl methyl sites for hydroxylation is 1. The first kappa shape index (κ1) is 26.1. The van der Waals surface area contributed by atoms with E-state index in [0.717, 1.165) is 41.0 Å². The normalized spacial score (nSPS) is 15.3. The van der Waals surface area contributed by atoms with Gasteiger partial charge in [0.2, 0.25) is 26.0 Å². The van der Waals surface area contributed by atoms with Crippen molar-refractivity contribution < 1.29 is 26.4 Å². The van der Waals surface area contributed by atoms with Crippen molar-refractivity contribution in [2.75, 3.05) is 38.3 Å². The monoisotopic (exact) mass is 509 g/mol. The zero-order valence-corrected chi connectivity index (χ0v) is 21.3. The van der Waals surface area contributed by atoms with Gasteiger partial charge in [-0.1, -0.05) is 36.2 Å². The van der Waals surface area contributed by atoms with Crippen LogP contribution in [0, 0.1) is 6.92 Å². The van der Waals surface area contributed by atoms with Crippen molar-refractivity contribution in [3.05, 3.63) is 53.6 Å². The maximum absolute atomic E-state index is 13.0. The fraction of sp³-hybridized carbons (Fsp3) is 0.435. The molecule has 2 aromatic rings. The van der Waals surface area contributed by atoms with Crippen LogP contribution in [0.25, 0.3) is 0 Å². The molecule has 1 aliphatic rings. The summed E-state index contributed by atoms with van der Waals surface area (Å²) in [6.45, 7) is 2.45. The van der Waals surface area contributed by atoms with Gasteiger partial charge in [0.15, 0.2) is 0 Å². The number of hydrogen-bond donors (Lipinski definition) is 1. The van der Waals surface area contributed by atoms with Crippen molar-refractivity contribution in [2.45, 2.75) is 37.6 Å². The summed E-state index contributed by atoms with van der Waals surface area (Å²) in [6, 6.07) is 11.6. The first-order chi connectivity index (χ1) is 16.0. The number of methoxy groups -OCH3 is 1. The van der Waals surface area contributed by atoms with Crippen LogP contribution in [0.15, 0.2) is 47.4 Å². The standard InChI is InChI=1S/C23H31N3O6S2/c1-18-7-9-19(10-8-18)16-26(33(3,28)29)17-23(27)24-21-15-20(11-12-22(21)32-2)34(30,31)25-13-5-4-6-14-25/h7-12,15H,4-6,13-14,16-17H2,1-3H3,(H,24,27). The molecule has 0 atom stereocenters. The Balaban J connectivity index is 1.80. The van der Waals surface area contributed by atoms with Crippen LogP contribution in [0.2, 0.25) is 0 Å². The average Bonchev–Trinajstić information content (AvgIpc) is 2.80. The number of anilines is 1. The largest absolute Gasteiger partial charge is 0.495 e. The van der Waals surface area contributed by atoms with Gasteiger partial charge in [0.05, 0.1) is 30.5 Å². The van der Waals surface area contributed by atoms with E-state index in [1.807, 2.05) is 31.2 Å². The number of rotatable bonds is 9. The van der Waals surface area contributed by atoms with Gasteiger partial charge in [-0.3, -0.25) is 4.79 Å². The second-order valence-electron chi connectivity index (χ2n) is 8.39. The van der Waals surface area contributed by atoms with E-state index >= 15 is 0 Å². The Morgan fingerprint density at radius 2 is 1.68 bits per heavy atom. The lowest BCUT2D eigenvalue weighted by Crippen LogP contribution is -2.37. The molecule has 1 saturated heterocycles. The lowest BCUT2D eigenvalue weighted by atomic mass is 10.1. The Bertz CT molecular complexity index is 1220. The number of nitrogens with zero attached hydrogens (tertiary/aromatic N) is 2. The minimum absolute atomic E-state index is 0.0348. The van der Waals surface area contributed by atoms with E-state index in [9.17, 15) is 21.6 Å². The molecule has 3 rings (SSSR count). The second kappa shape index (κ2) is 10.9. The number of amides is 1. The number of piperidine rings is 1. The lowest BCUT2D eigenvalue weighted by molar-refractivity contribution is -0.116. The third kappa shape index (κ3) is 6.56. The van der Waals surface area contributed by atoms with Crippen molar-refractivity contribution in [1.29, 1.82) is 0 Å². The fourth-order valence-electron chi connectivity index (χ4n) is 3.74. The van der Waals surface area contributed by atoms with Crippen LogP contribution in [0.5, 0.6) is 5.75 Å². The van der Waals surface area contributed by atoms with E-state index in [0.29, 0.717) is 13.1 Å². The third-order valence-electron chi connectivity index (χ3n) is 5.67. The van der Waals surface area contributed by atoms with E-state index < -0.39 is 32.5 Å². The number of benzene rings is 2. The summed E-state index contributed by atoms with van der Waals surface area (Å²) in [6.07, 6.45) is 3.65.